The maximum Gasteiger partial charge on any atom is 0.414 e. The SMILES string of the molecule is CN(C(=O)OC(C)(C)C)c1ccc(F)c(N)c1. The first-order valence-electron chi connectivity index (χ1n) is 5.22. The minimum atomic E-state index is -0.573. The van der Waals surface area contributed by atoms with E-state index in [2.05, 4.69) is 0 Å². The highest BCUT2D eigenvalue weighted by atomic mass is 19.1. The molecule has 1 aromatic carbocycles. The molecule has 0 unspecified atom stereocenters. The summed E-state index contributed by atoms with van der Waals surface area (Å²) in [6, 6.07) is 4.07. The molecule has 0 saturated carbocycles. The van der Waals surface area contributed by atoms with Crippen molar-refractivity contribution >= 4 is 17.5 Å². The molecule has 0 aromatic heterocycles. The first-order chi connectivity index (χ1) is 7.70. The van der Waals surface area contributed by atoms with Crippen LogP contribution in [0.15, 0.2) is 18.2 Å². The van der Waals surface area contributed by atoms with Gasteiger partial charge in [-0.25, -0.2) is 9.18 Å². The van der Waals surface area contributed by atoms with Gasteiger partial charge in [0, 0.05) is 12.7 Å². The molecule has 2 N–H and O–H groups in total. The molecule has 0 bridgehead atoms. The van der Waals surface area contributed by atoms with E-state index in [1.54, 1.807) is 27.8 Å². The molecule has 4 nitrogen and oxygen atoms in total. The Kier molecular flexibility index (Phi) is 3.60. The molecule has 0 aliphatic carbocycles. The van der Waals surface area contributed by atoms with Crippen LogP contribution in [-0.2, 0) is 4.74 Å². The van der Waals surface area contributed by atoms with Gasteiger partial charge in [-0.1, -0.05) is 0 Å². The molecule has 17 heavy (non-hydrogen) atoms. The third kappa shape index (κ3) is 3.62. The second kappa shape index (κ2) is 4.61. The van der Waals surface area contributed by atoms with Gasteiger partial charge in [0.05, 0.1) is 5.69 Å². The highest BCUT2D eigenvalue weighted by Crippen LogP contribution is 2.21. The molecule has 0 fully saturated rings. The van der Waals surface area contributed by atoms with Crippen molar-refractivity contribution in [1.82, 2.24) is 0 Å². The summed E-state index contributed by atoms with van der Waals surface area (Å²) in [6.45, 7) is 5.33. The molecule has 0 heterocycles. The zero-order valence-corrected chi connectivity index (χ0v) is 10.5. The predicted molar refractivity (Wildman–Crippen MR) is 65.4 cm³/mol. The number of rotatable bonds is 1. The number of carbonyl (C=O) groups is 1. The van der Waals surface area contributed by atoms with E-state index in [0.717, 1.165) is 0 Å². The summed E-state index contributed by atoms with van der Waals surface area (Å²) in [5.74, 6) is -0.508. The average molecular weight is 240 g/mol. The normalized spacial score (nSPS) is 11.1. The molecule has 0 saturated heterocycles. The largest absolute Gasteiger partial charge is 0.443 e. The molecule has 94 valence electrons. The van der Waals surface area contributed by atoms with Gasteiger partial charge in [0.2, 0.25) is 0 Å². The van der Waals surface area contributed by atoms with Crippen molar-refractivity contribution in [1.29, 1.82) is 0 Å². The van der Waals surface area contributed by atoms with Crippen LogP contribution in [0.5, 0.6) is 0 Å². The zero-order valence-electron chi connectivity index (χ0n) is 10.5. The first-order valence-corrected chi connectivity index (χ1v) is 5.22. The van der Waals surface area contributed by atoms with Crippen LogP contribution < -0.4 is 10.6 Å². The van der Waals surface area contributed by atoms with Crippen LogP contribution in [0.1, 0.15) is 20.8 Å². The molecule has 0 spiro atoms. The van der Waals surface area contributed by atoms with Gasteiger partial charge in [-0.2, -0.15) is 0 Å². The second-order valence-electron chi connectivity index (χ2n) is 4.75. The Bertz CT molecular complexity index is 427. The summed E-state index contributed by atoms with van der Waals surface area (Å²) in [7, 11) is 1.54. The van der Waals surface area contributed by atoms with Crippen molar-refractivity contribution < 1.29 is 13.9 Å². The predicted octanol–water partition coefficient (Wildman–Crippen LogP) is 2.78. The molecule has 1 aromatic rings. The Labute approximate surface area is 100 Å². The first kappa shape index (κ1) is 13.3. The maximum absolute atomic E-state index is 13.0. The van der Waals surface area contributed by atoms with Crippen molar-refractivity contribution in [3.63, 3.8) is 0 Å². The number of nitrogens with two attached hydrogens (primary N) is 1. The molecular weight excluding hydrogens is 223 g/mol. The molecule has 5 heteroatoms. The number of hydrogen-bond acceptors (Lipinski definition) is 3. The fraction of sp³-hybridized carbons (Fsp3) is 0.417. The Morgan fingerprint density at radius 1 is 1.41 bits per heavy atom. The van der Waals surface area contributed by atoms with Crippen molar-refractivity contribution in [3.8, 4) is 0 Å². The van der Waals surface area contributed by atoms with Crippen LogP contribution in [0.2, 0.25) is 0 Å². The van der Waals surface area contributed by atoms with Gasteiger partial charge in [0.15, 0.2) is 0 Å². The van der Waals surface area contributed by atoms with E-state index in [1.807, 2.05) is 0 Å². The Morgan fingerprint density at radius 3 is 2.47 bits per heavy atom. The minimum Gasteiger partial charge on any atom is -0.443 e. The standard InChI is InChI=1S/C12H17FN2O2/c1-12(2,3)17-11(16)15(4)8-5-6-9(13)10(14)7-8/h5-7H,14H2,1-4H3. The second-order valence-corrected chi connectivity index (χ2v) is 4.75. The van der Waals surface area contributed by atoms with Gasteiger partial charge in [0.1, 0.15) is 11.4 Å². The zero-order chi connectivity index (χ0) is 13.2. The molecule has 0 aliphatic heterocycles. The Balaban J connectivity index is 2.85. The number of nitrogen functional groups attached to an aromatic ring is 1. The van der Waals surface area contributed by atoms with Crippen LogP contribution in [0, 0.1) is 5.82 Å². The van der Waals surface area contributed by atoms with Gasteiger partial charge in [-0.3, -0.25) is 4.90 Å². The number of amides is 1. The quantitative estimate of drug-likeness (QED) is 0.768. The lowest BCUT2D eigenvalue weighted by molar-refractivity contribution is 0.0589. The maximum atomic E-state index is 13.0. The fourth-order valence-electron chi connectivity index (χ4n) is 1.18. The van der Waals surface area contributed by atoms with E-state index in [-0.39, 0.29) is 5.69 Å². The van der Waals surface area contributed by atoms with Crippen LogP contribution in [-0.4, -0.2) is 18.7 Å². The highest BCUT2D eigenvalue weighted by molar-refractivity contribution is 5.87. The van der Waals surface area contributed by atoms with E-state index >= 15 is 0 Å². The lowest BCUT2D eigenvalue weighted by atomic mass is 10.2. The van der Waals surface area contributed by atoms with E-state index in [1.165, 1.54) is 23.1 Å². The molecule has 1 amide bonds. The van der Waals surface area contributed by atoms with Crippen molar-refractivity contribution in [2.75, 3.05) is 17.7 Å². The van der Waals surface area contributed by atoms with E-state index in [9.17, 15) is 9.18 Å². The number of carbonyl (C=O) groups excluding carboxylic acids is 1. The van der Waals surface area contributed by atoms with Crippen molar-refractivity contribution in [3.05, 3.63) is 24.0 Å². The molecule has 0 atom stereocenters. The number of halogens is 1. The number of anilines is 2. The molecule has 0 radical (unpaired) electrons. The lowest BCUT2D eigenvalue weighted by Gasteiger charge is -2.24. The number of benzene rings is 1. The topological polar surface area (TPSA) is 55.6 Å². The van der Waals surface area contributed by atoms with Gasteiger partial charge < -0.3 is 10.5 Å². The number of hydrogen-bond donors (Lipinski definition) is 1. The Hall–Kier alpha value is -1.78. The van der Waals surface area contributed by atoms with Crippen LogP contribution >= 0.6 is 0 Å². The monoisotopic (exact) mass is 240 g/mol. The van der Waals surface area contributed by atoms with E-state index in [0.29, 0.717) is 5.69 Å². The summed E-state index contributed by atoms with van der Waals surface area (Å²) < 4.78 is 18.2. The number of ether oxygens (including phenoxy) is 1. The van der Waals surface area contributed by atoms with Crippen LogP contribution in [0.4, 0.5) is 20.6 Å². The van der Waals surface area contributed by atoms with E-state index < -0.39 is 17.5 Å². The van der Waals surface area contributed by atoms with Crippen molar-refractivity contribution in [2.45, 2.75) is 26.4 Å². The third-order valence-electron chi connectivity index (χ3n) is 2.03. The average Bonchev–Trinajstić information content (AvgIpc) is 2.18. The molecule has 0 aliphatic rings. The Morgan fingerprint density at radius 2 is 2.00 bits per heavy atom. The summed E-state index contributed by atoms with van der Waals surface area (Å²) in [4.78, 5) is 13.0. The van der Waals surface area contributed by atoms with Gasteiger partial charge in [-0.15, -0.1) is 0 Å². The summed E-state index contributed by atoms with van der Waals surface area (Å²) in [5, 5.41) is 0. The van der Waals surface area contributed by atoms with Crippen LogP contribution in [0.3, 0.4) is 0 Å². The van der Waals surface area contributed by atoms with Gasteiger partial charge >= 0.3 is 6.09 Å². The molecular formula is C12H17FN2O2. The van der Waals surface area contributed by atoms with Crippen LogP contribution in [0.25, 0.3) is 0 Å². The van der Waals surface area contributed by atoms with E-state index in [4.69, 9.17) is 10.5 Å². The van der Waals surface area contributed by atoms with Gasteiger partial charge in [0.25, 0.3) is 0 Å². The highest BCUT2D eigenvalue weighted by Gasteiger charge is 2.20. The summed E-state index contributed by atoms with van der Waals surface area (Å²) in [5.41, 5.74) is 5.34. The van der Waals surface area contributed by atoms with Gasteiger partial charge in [-0.05, 0) is 39.0 Å². The minimum absolute atomic E-state index is 0.00194. The summed E-state index contributed by atoms with van der Waals surface area (Å²) >= 11 is 0. The smallest absolute Gasteiger partial charge is 0.414 e. The lowest BCUT2D eigenvalue weighted by Crippen LogP contribution is -2.34. The number of nitrogens with zero attached hydrogens (tertiary/aromatic N) is 1. The third-order valence-corrected chi connectivity index (χ3v) is 2.03. The fourth-order valence-corrected chi connectivity index (χ4v) is 1.18. The van der Waals surface area contributed by atoms with Crippen molar-refractivity contribution in [2.24, 2.45) is 0 Å². The summed E-state index contributed by atoms with van der Waals surface area (Å²) in [6.07, 6.45) is -0.511. The molecule has 1 rings (SSSR count).